The molecule has 0 amide bonds. The van der Waals surface area contributed by atoms with E-state index in [1.54, 1.807) is 24.3 Å². The molecule has 3 atom stereocenters. The Labute approximate surface area is 108 Å². The van der Waals surface area contributed by atoms with Crippen molar-refractivity contribution in [1.82, 2.24) is 0 Å². The van der Waals surface area contributed by atoms with Crippen LogP contribution in [0.25, 0.3) is 0 Å². The molecule has 0 bridgehead atoms. The van der Waals surface area contributed by atoms with Gasteiger partial charge >= 0.3 is 0 Å². The first-order valence-corrected chi connectivity index (χ1v) is 6.44. The zero-order chi connectivity index (χ0) is 13.7. The van der Waals surface area contributed by atoms with Crippen LogP contribution in [-0.2, 0) is 4.79 Å². The zero-order valence-electron chi connectivity index (χ0n) is 11.3. The van der Waals surface area contributed by atoms with Crippen molar-refractivity contribution in [2.24, 2.45) is 5.92 Å². The number of aliphatic hydroxyl groups excluding tert-OH is 1. The first kappa shape index (κ1) is 14.7. The summed E-state index contributed by atoms with van der Waals surface area (Å²) >= 11 is 0. The lowest BCUT2D eigenvalue weighted by atomic mass is 9.82. The van der Waals surface area contributed by atoms with Gasteiger partial charge in [0.1, 0.15) is 11.5 Å². The number of rotatable bonds is 6. The molecule has 2 N–H and O–H groups in total. The average molecular weight is 250 g/mol. The van der Waals surface area contributed by atoms with Crippen molar-refractivity contribution in [2.75, 3.05) is 0 Å². The molecule has 1 rings (SSSR count). The molecular formula is C15H22O3. The number of Topliss-reactive ketones (excluding diaryl/α,β-unsaturated/α-hetero) is 1. The number of aromatic hydroxyl groups is 1. The lowest BCUT2D eigenvalue weighted by molar-refractivity contribution is -0.121. The van der Waals surface area contributed by atoms with Gasteiger partial charge in [-0.1, -0.05) is 32.4 Å². The van der Waals surface area contributed by atoms with Gasteiger partial charge in [0.05, 0.1) is 12.0 Å². The monoisotopic (exact) mass is 250 g/mol. The Bertz CT molecular complexity index is 400. The van der Waals surface area contributed by atoms with E-state index in [4.69, 9.17) is 0 Å². The Morgan fingerprint density at radius 1 is 1.39 bits per heavy atom. The van der Waals surface area contributed by atoms with E-state index in [1.165, 1.54) is 6.92 Å². The molecular weight excluding hydrogens is 228 g/mol. The Morgan fingerprint density at radius 2 is 2.06 bits per heavy atom. The van der Waals surface area contributed by atoms with Crippen molar-refractivity contribution in [3.05, 3.63) is 29.8 Å². The highest BCUT2D eigenvalue weighted by Crippen LogP contribution is 2.29. The molecule has 3 unspecified atom stereocenters. The highest BCUT2D eigenvalue weighted by atomic mass is 16.3. The van der Waals surface area contributed by atoms with Gasteiger partial charge in [-0.15, -0.1) is 0 Å². The van der Waals surface area contributed by atoms with Crippen LogP contribution in [0.5, 0.6) is 5.75 Å². The standard InChI is InChI=1S/C15H22O3/c1-4-6-10(2)15(18)14(11(3)16)12-7-5-8-13(17)9-12/h5,7-10,14-15,17-18H,4,6H2,1-3H3. The first-order chi connectivity index (χ1) is 8.47. The van der Waals surface area contributed by atoms with Crippen LogP contribution in [0.1, 0.15) is 45.1 Å². The molecule has 0 aliphatic heterocycles. The van der Waals surface area contributed by atoms with Crippen LogP contribution < -0.4 is 0 Å². The minimum atomic E-state index is -0.704. The van der Waals surface area contributed by atoms with Crippen LogP contribution in [0.2, 0.25) is 0 Å². The summed E-state index contributed by atoms with van der Waals surface area (Å²) in [5.74, 6) is -0.449. The Kier molecular flexibility index (Phi) is 5.35. The number of ketones is 1. The highest BCUT2D eigenvalue weighted by molar-refractivity contribution is 5.84. The molecule has 100 valence electrons. The molecule has 0 aromatic heterocycles. The van der Waals surface area contributed by atoms with Gasteiger partial charge in [-0.05, 0) is 37.0 Å². The summed E-state index contributed by atoms with van der Waals surface area (Å²) in [6.07, 6.45) is 1.15. The molecule has 0 radical (unpaired) electrons. The molecule has 1 aromatic carbocycles. The van der Waals surface area contributed by atoms with Crippen molar-refractivity contribution in [1.29, 1.82) is 0 Å². The van der Waals surface area contributed by atoms with Gasteiger partial charge in [-0.2, -0.15) is 0 Å². The molecule has 0 aliphatic rings. The van der Waals surface area contributed by atoms with E-state index in [0.717, 1.165) is 12.8 Å². The maximum atomic E-state index is 11.8. The van der Waals surface area contributed by atoms with E-state index in [2.05, 4.69) is 6.92 Å². The third-order valence-electron chi connectivity index (χ3n) is 3.34. The number of hydrogen-bond donors (Lipinski definition) is 2. The summed E-state index contributed by atoms with van der Waals surface area (Å²) < 4.78 is 0. The molecule has 3 heteroatoms. The van der Waals surface area contributed by atoms with E-state index in [9.17, 15) is 15.0 Å². The van der Waals surface area contributed by atoms with Crippen molar-refractivity contribution in [3.8, 4) is 5.75 Å². The van der Waals surface area contributed by atoms with Crippen LogP contribution in [0.3, 0.4) is 0 Å². The number of benzene rings is 1. The SMILES string of the molecule is CCCC(C)C(O)C(C(C)=O)c1cccc(O)c1. The van der Waals surface area contributed by atoms with Crippen molar-refractivity contribution in [2.45, 2.75) is 45.6 Å². The maximum absolute atomic E-state index is 11.8. The van der Waals surface area contributed by atoms with Crippen LogP contribution in [0.4, 0.5) is 0 Å². The summed E-state index contributed by atoms with van der Waals surface area (Å²) in [4.78, 5) is 11.8. The Hall–Kier alpha value is -1.35. The quantitative estimate of drug-likeness (QED) is 0.816. The fraction of sp³-hybridized carbons (Fsp3) is 0.533. The fourth-order valence-electron chi connectivity index (χ4n) is 2.35. The normalized spacial score (nSPS) is 16.0. The highest BCUT2D eigenvalue weighted by Gasteiger charge is 2.29. The predicted molar refractivity (Wildman–Crippen MR) is 71.6 cm³/mol. The average Bonchev–Trinajstić information content (AvgIpc) is 2.29. The minimum absolute atomic E-state index is 0.0613. The van der Waals surface area contributed by atoms with Crippen molar-refractivity contribution >= 4 is 5.78 Å². The number of carbonyl (C=O) groups is 1. The van der Waals surface area contributed by atoms with Crippen molar-refractivity contribution < 1.29 is 15.0 Å². The number of aliphatic hydroxyl groups is 1. The minimum Gasteiger partial charge on any atom is -0.508 e. The predicted octanol–water partition coefficient (Wildman–Crippen LogP) is 2.86. The van der Waals surface area contributed by atoms with Crippen LogP contribution >= 0.6 is 0 Å². The molecule has 0 heterocycles. The zero-order valence-corrected chi connectivity index (χ0v) is 11.3. The number of phenolic OH excluding ortho intramolecular Hbond substituents is 1. The topological polar surface area (TPSA) is 57.5 Å². The van der Waals surface area contributed by atoms with E-state index < -0.39 is 12.0 Å². The van der Waals surface area contributed by atoms with E-state index in [-0.39, 0.29) is 17.5 Å². The number of phenols is 1. The first-order valence-electron chi connectivity index (χ1n) is 6.44. The summed E-state index contributed by atoms with van der Waals surface area (Å²) in [6, 6.07) is 6.57. The molecule has 0 fully saturated rings. The summed E-state index contributed by atoms with van der Waals surface area (Å²) in [5, 5.41) is 19.8. The largest absolute Gasteiger partial charge is 0.508 e. The second-order valence-electron chi connectivity index (χ2n) is 4.94. The van der Waals surface area contributed by atoms with Crippen LogP contribution in [0.15, 0.2) is 24.3 Å². The van der Waals surface area contributed by atoms with Gasteiger partial charge in [0, 0.05) is 0 Å². The summed E-state index contributed by atoms with van der Waals surface area (Å²) in [5.41, 5.74) is 0.679. The molecule has 1 aromatic rings. The lowest BCUT2D eigenvalue weighted by Crippen LogP contribution is -2.30. The van der Waals surface area contributed by atoms with Crippen LogP contribution in [0, 0.1) is 5.92 Å². The van der Waals surface area contributed by atoms with E-state index in [0.29, 0.717) is 5.56 Å². The third kappa shape index (κ3) is 3.57. The smallest absolute Gasteiger partial charge is 0.139 e. The van der Waals surface area contributed by atoms with Gasteiger partial charge in [0.15, 0.2) is 0 Å². The molecule has 0 spiro atoms. The Balaban J connectivity index is 2.99. The summed E-state index contributed by atoms with van der Waals surface area (Å²) in [7, 11) is 0. The molecule has 18 heavy (non-hydrogen) atoms. The van der Waals surface area contributed by atoms with Gasteiger partial charge in [0.2, 0.25) is 0 Å². The van der Waals surface area contributed by atoms with Gasteiger partial charge < -0.3 is 10.2 Å². The van der Waals surface area contributed by atoms with Crippen molar-refractivity contribution in [3.63, 3.8) is 0 Å². The molecule has 0 saturated heterocycles. The second-order valence-corrected chi connectivity index (χ2v) is 4.94. The van der Waals surface area contributed by atoms with E-state index >= 15 is 0 Å². The summed E-state index contributed by atoms with van der Waals surface area (Å²) in [6.45, 7) is 5.49. The second kappa shape index (κ2) is 6.55. The third-order valence-corrected chi connectivity index (χ3v) is 3.34. The van der Waals surface area contributed by atoms with E-state index in [1.807, 2.05) is 6.92 Å². The lowest BCUT2D eigenvalue weighted by Gasteiger charge is -2.26. The van der Waals surface area contributed by atoms with Gasteiger partial charge in [-0.25, -0.2) is 0 Å². The number of carbonyl (C=O) groups excluding carboxylic acids is 1. The fourth-order valence-corrected chi connectivity index (χ4v) is 2.35. The maximum Gasteiger partial charge on any atom is 0.139 e. The number of hydrogen-bond acceptors (Lipinski definition) is 3. The van der Waals surface area contributed by atoms with Gasteiger partial charge in [-0.3, -0.25) is 4.79 Å². The van der Waals surface area contributed by atoms with Gasteiger partial charge in [0.25, 0.3) is 0 Å². The molecule has 0 aliphatic carbocycles. The Morgan fingerprint density at radius 3 is 2.56 bits per heavy atom. The molecule has 0 saturated carbocycles. The molecule has 3 nitrogen and oxygen atoms in total. The van der Waals surface area contributed by atoms with Crippen LogP contribution in [-0.4, -0.2) is 22.1 Å².